The molecule has 5 nitrogen and oxygen atoms in total. The Morgan fingerprint density at radius 1 is 1.45 bits per heavy atom. The Kier molecular flexibility index (Phi) is 5.01. The number of nitrogens with two attached hydrogens (primary N) is 1. The van der Waals surface area contributed by atoms with E-state index in [-0.39, 0.29) is 11.9 Å². The van der Waals surface area contributed by atoms with E-state index < -0.39 is 10.0 Å². The molecule has 6 heteroatoms. The molecule has 20 heavy (non-hydrogen) atoms. The first kappa shape index (κ1) is 15.3. The number of hydrogen-bond donors (Lipinski definition) is 1. The molecule has 1 fully saturated rings. The van der Waals surface area contributed by atoms with Gasteiger partial charge in [0, 0.05) is 25.4 Å². The summed E-state index contributed by atoms with van der Waals surface area (Å²) in [6.07, 6.45) is 1.62. The second-order valence-corrected chi connectivity index (χ2v) is 7.10. The third kappa shape index (κ3) is 3.94. The zero-order valence-corrected chi connectivity index (χ0v) is 12.6. The Bertz CT molecular complexity index is 539. The molecule has 2 rings (SSSR count). The number of sulfonamides is 1. The average molecular weight is 298 g/mol. The van der Waals surface area contributed by atoms with E-state index in [1.165, 1.54) is 4.31 Å². The standard InChI is InChI=1S/C14H22N2O3S/c1-2-16(10-12-5-3-6-13(15)9-12)20(17,18)11-14-7-4-8-19-14/h3,5-6,9,14H,2,4,7-8,10-11,15H2,1H3. The first-order valence-electron chi connectivity index (χ1n) is 6.95. The van der Waals surface area contributed by atoms with E-state index in [4.69, 9.17) is 10.5 Å². The molecule has 1 aromatic rings. The zero-order valence-electron chi connectivity index (χ0n) is 11.8. The van der Waals surface area contributed by atoms with Gasteiger partial charge in [-0.1, -0.05) is 19.1 Å². The van der Waals surface area contributed by atoms with Gasteiger partial charge in [0.25, 0.3) is 0 Å². The molecule has 0 saturated carbocycles. The summed E-state index contributed by atoms with van der Waals surface area (Å²) in [5.41, 5.74) is 7.28. The van der Waals surface area contributed by atoms with Gasteiger partial charge in [0.1, 0.15) is 0 Å². The van der Waals surface area contributed by atoms with Crippen LogP contribution < -0.4 is 5.73 Å². The van der Waals surface area contributed by atoms with E-state index in [0.29, 0.717) is 25.4 Å². The van der Waals surface area contributed by atoms with Crippen LogP contribution in [0.5, 0.6) is 0 Å². The lowest BCUT2D eigenvalue weighted by molar-refractivity contribution is 0.126. The number of nitrogen functional groups attached to an aromatic ring is 1. The summed E-state index contributed by atoms with van der Waals surface area (Å²) in [6, 6.07) is 7.33. The van der Waals surface area contributed by atoms with Crippen molar-refractivity contribution in [3.8, 4) is 0 Å². The van der Waals surface area contributed by atoms with Crippen LogP contribution in [0.4, 0.5) is 5.69 Å². The predicted molar refractivity (Wildman–Crippen MR) is 79.7 cm³/mol. The molecule has 0 radical (unpaired) electrons. The van der Waals surface area contributed by atoms with Gasteiger partial charge in [0.05, 0.1) is 11.9 Å². The Labute approximate surface area is 120 Å². The molecule has 1 aromatic carbocycles. The van der Waals surface area contributed by atoms with Gasteiger partial charge in [-0.2, -0.15) is 4.31 Å². The van der Waals surface area contributed by atoms with Gasteiger partial charge in [-0.15, -0.1) is 0 Å². The first-order valence-corrected chi connectivity index (χ1v) is 8.56. The van der Waals surface area contributed by atoms with E-state index >= 15 is 0 Å². The molecule has 0 aliphatic carbocycles. The monoisotopic (exact) mass is 298 g/mol. The molecular weight excluding hydrogens is 276 g/mol. The summed E-state index contributed by atoms with van der Waals surface area (Å²) < 4.78 is 31.8. The number of rotatable bonds is 6. The van der Waals surface area contributed by atoms with Gasteiger partial charge < -0.3 is 10.5 Å². The summed E-state index contributed by atoms with van der Waals surface area (Å²) in [4.78, 5) is 0. The maximum atomic E-state index is 12.4. The maximum Gasteiger partial charge on any atom is 0.216 e. The highest BCUT2D eigenvalue weighted by molar-refractivity contribution is 7.89. The van der Waals surface area contributed by atoms with Crippen LogP contribution in [-0.2, 0) is 21.3 Å². The second kappa shape index (κ2) is 6.56. The molecular formula is C14H22N2O3S. The Morgan fingerprint density at radius 2 is 2.25 bits per heavy atom. The summed E-state index contributed by atoms with van der Waals surface area (Å²) in [5, 5.41) is 0. The molecule has 0 bridgehead atoms. The lowest BCUT2D eigenvalue weighted by Crippen LogP contribution is -2.36. The fourth-order valence-corrected chi connectivity index (χ4v) is 4.10. The number of anilines is 1. The van der Waals surface area contributed by atoms with E-state index in [9.17, 15) is 8.42 Å². The van der Waals surface area contributed by atoms with Crippen molar-refractivity contribution in [3.63, 3.8) is 0 Å². The fourth-order valence-electron chi connectivity index (χ4n) is 2.42. The Balaban J connectivity index is 2.06. The fraction of sp³-hybridized carbons (Fsp3) is 0.571. The molecule has 1 aliphatic rings. The summed E-state index contributed by atoms with van der Waals surface area (Å²) in [6.45, 7) is 3.32. The van der Waals surface area contributed by atoms with Gasteiger partial charge >= 0.3 is 0 Å². The van der Waals surface area contributed by atoms with Crippen LogP contribution >= 0.6 is 0 Å². The minimum atomic E-state index is -3.30. The van der Waals surface area contributed by atoms with Crippen LogP contribution in [0.1, 0.15) is 25.3 Å². The molecule has 1 saturated heterocycles. The normalized spacial score (nSPS) is 19.6. The summed E-state index contributed by atoms with van der Waals surface area (Å²) in [5.74, 6) is 0.0726. The highest BCUT2D eigenvalue weighted by Gasteiger charge is 2.27. The minimum absolute atomic E-state index is 0.0726. The van der Waals surface area contributed by atoms with Crippen molar-refractivity contribution < 1.29 is 13.2 Å². The number of hydrogen-bond acceptors (Lipinski definition) is 4. The van der Waals surface area contributed by atoms with E-state index in [1.54, 1.807) is 6.07 Å². The van der Waals surface area contributed by atoms with Crippen molar-refractivity contribution in [1.29, 1.82) is 0 Å². The van der Waals surface area contributed by atoms with Crippen LogP contribution in [0.25, 0.3) is 0 Å². The molecule has 1 unspecified atom stereocenters. The number of benzene rings is 1. The van der Waals surface area contributed by atoms with Crippen molar-refractivity contribution in [2.45, 2.75) is 32.4 Å². The lowest BCUT2D eigenvalue weighted by Gasteiger charge is -2.22. The van der Waals surface area contributed by atoms with Crippen molar-refractivity contribution in [2.24, 2.45) is 0 Å². The van der Waals surface area contributed by atoms with E-state index in [0.717, 1.165) is 18.4 Å². The van der Waals surface area contributed by atoms with Crippen LogP contribution in [0.2, 0.25) is 0 Å². The van der Waals surface area contributed by atoms with E-state index in [1.807, 2.05) is 25.1 Å². The summed E-state index contributed by atoms with van der Waals surface area (Å²) >= 11 is 0. The first-order chi connectivity index (χ1) is 9.51. The summed E-state index contributed by atoms with van der Waals surface area (Å²) in [7, 11) is -3.30. The quantitative estimate of drug-likeness (QED) is 0.810. The molecule has 1 aliphatic heterocycles. The SMILES string of the molecule is CCN(Cc1cccc(N)c1)S(=O)(=O)CC1CCCO1. The number of nitrogens with zero attached hydrogens (tertiary/aromatic N) is 1. The van der Waals surface area contributed by atoms with Crippen LogP contribution in [0.15, 0.2) is 24.3 Å². The smallest absolute Gasteiger partial charge is 0.216 e. The van der Waals surface area contributed by atoms with E-state index in [2.05, 4.69) is 0 Å². The molecule has 1 atom stereocenters. The van der Waals surface area contributed by atoms with Crippen molar-refractivity contribution in [3.05, 3.63) is 29.8 Å². The zero-order chi connectivity index (χ0) is 14.6. The van der Waals surface area contributed by atoms with Crippen LogP contribution in [0, 0.1) is 0 Å². The van der Waals surface area contributed by atoms with Gasteiger partial charge in [0.2, 0.25) is 10.0 Å². The maximum absolute atomic E-state index is 12.4. The molecule has 0 aromatic heterocycles. The van der Waals surface area contributed by atoms with Crippen LogP contribution in [0.3, 0.4) is 0 Å². The molecule has 0 spiro atoms. The molecule has 2 N–H and O–H groups in total. The Morgan fingerprint density at radius 3 is 2.85 bits per heavy atom. The topological polar surface area (TPSA) is 72.6 Å². The predicted octanol–water partition coefficient (Wildman–Crippen LogP) is 1.60. The molecule has 1 heterocycles. The molecule has 0 amide bonds. The molecule has 112 valence electrons. The van der Waals surface area contributed by atoms with Crippen molar-refractivity contribution in [1.82, 2.24) is 4.31 Å². The highest BCUT2D eigenvalue weighted by atomic mass is 32.2. The van der Waals surface area contributed by atoms with Gasteiger partial charge in [-0.3, -0.25) is 0 Å². The van der Waals surface area contributed by atoms with Crippen molar-refractivity contribution >= 4 is 15.7 Å². The third-order valence-corrected chi connectivity index (χ3v) is 5.44. The number of ether oxygens (including phenoxy) is 1. The van der Waals surface area contributed by atoms with Gasteiger partial charge in [-0.05, 0) is 30.5 Å². The van der Waals surface area contributed by atoms with Gasteiger partial charge in [0.15, 0.2) is 0 Å². The van der Waals surface area contributed by atoms with Crippen molar-refractivity contribution in [2.75, 3.05) is 24.6 Å². The van der Waals surface area contributed by atoms with Gasteiger partial charge in [-0.25, -0.2) is 8.42 Å². The Hall–Kier alpha value is -1.11. The largest absolute Gasteiger partial charge is 0.399 e. The minimum Gasteiger partial charge on any atom is -0.399 e. The highest BCUT2D eigenvalue weighted by Crippen LogP contribution is 2.18. The van der Waals surface area contributed by atoms with Crippen LogP contribution in [-0.4, -0.2) is 37.7 Å². The second-order valence-electron chi connectivity index (χ2n) is 5.08. The average Bonchev–Trinajstić information content (AvgIpc) is 2.88. The third-order valence-electron chi connectivity index (χ3n) is 3.48. The lowest BCUT2D eigenvalue weighted by atomic mass is 10.2.